The SMILES string of the molecule is N=C(CC(O)(O)C(=O)OC(=O)CCCCCCC(=O)O)OC(=O)CCCCCCC(=O)[O-]. The largest absolute Gasteiger partial charge is 0.550 e. The molecule has 0 bridgehead atoms. The predicted molar refractivity (Wildman–Crippen MR) is 105 cm³/mol. The number of aliphatic carboxylic acids is 2. The van der Waals surface area contributed by atoms with Crippen molar-refractivity contribution in [2.45, 2.75) is 89.3 Å². The van der Waals surface area contributed by atoms with Crippen molar-refractivity contribution < 1.29 is 53.9 Å². The Kier molecular flexibility index (Phi) is 14.5. The van der Waals surface area contributed by atoms with Crippen LogP contribution < -0.4 is 5.11 Å². The second kappa shape index (κ2) is 15.9. The standard InChI is InChI=1S/C20H31NO11/c21-14(31-17(26)11-7-3-1-5-9-15(22)23)13-20(29,30)19(28)32-18(27)12-8-4-2-6-10-16(24)25/h21,29-30H,1-13H2,(H,22,23)(H,24,25)/p-1. The number of carboxylic acids is 2. The van der Waals surface area contributed by atoms with E-state index in [4.69, 9.17) is 10.5 Å². The number of carbonyl (C=O) groups is 5. The molecule has 0 saturated heterocycles. The summed E-state index contributed by atoms with van der Waals surface area (Å²) in [6.07, 6.45) is 2.31. The molecule has 0 spiro atoms. The maximum Gasteiger partial charge on any atom is 0.374 e. The molecule has 0 aromatic heterocycles. The van der Waals surface area contributed by atoms with Crippen molar-refractivity contribution in [3.05, 3.63) is 0 Å². The lowest BCUT2D eigenvalue weighted by atomic mass is 10.1. The molecule has 0 heterocycles. The first-order chi connectivity index (χ1) is 14.9. The van der Waals surface area contributed by atoms with Crippen molar-refractivity contribution in [2.24, 2.45) is 0 Å². The van der Waals surface area contributed by atoms with Crippen LogP contribution in [0.25, 0.3) is 0 Å². The van der Waals surface area contributed by atoms with Gasteiger partial charge in [-0.1, -0.05) is 25.7 Å². The van der Waals surface area contributed by atoms with Gasteiger partial charge in [0.2, 0.25) is 0 Å². The number of hydrogen-bond donors (Lipinski definition) is 4. The summed E-state index contributed by atoms with van der Waals surface area (Å²) in [5, 5.41) is 45.7. The van der Waals surface area contributed by atoms with Gasteiger partial charge in [-0.05, 0) is 32.1 Å². The van der Waals surface area contributed by atoms with E-state index in [2.05, 4.69) is 9.47 Å². The molecule has 0 aromatic carbocycles. The summed E-state index contributed by atoms with van der Waals surface area (Å²) in [7, 11) is 0. The van der Waals surface area contributed by atoms with Crippen LogP contribution in [0.5, 0.6) is 0 Å². The fourth-order valence-electron chi connectivity index (χ4n) is 2.55. The summed E-state index contributed by atoms with van der Waals surface area (Å²) >= 11 is 0. The minimum absolute atomic E-state index is 0.0156. The highest BCUT2D eigenvalue weighted by atomic mass is 16.6. The van der Waals surface area contributed by atoms with Crippen molar-refractivity contribution in [3.63, 3.8) is 0 Å². The highest BCUT2D eigenvalue weighted by Gasteiger charge is 2.39. The molecule has 0 unspecified atom stereocenters. The van der Waals surface area contributed by atoms with Gasteiger partial charge in [-0.25, -0.2) is 4.79 Å². The van der Waals surface area contributed by atoms with Gasteiger partial charge in [0.1, 0.15) is 0 Å². The zero-order valence-electron chi connectivity index (χ0n) is 17.8. The number of esters is 3. The molecule has 12 heteroatoms. The molecule has 0 atom stereocenters. The van der Waals surface area contributed by atoms with Crippen molar-refractivity contribution in [3.8, 4) is 0 Å². The number of ether oxygens (including phenoxy) is 2. The Morgan fingerprint density at radius 3 is 1.62 bits per heavy atom. The molecule has 0 aliphatic carbocycles. The second-order valence-corrected chi connectivity index (χ2v) is 7.25. The molecule has 0 saturated carbocycles. The average molecular weight is 460 g/mol. The first-order valence-corrected chi connectivity index (χ1v) is 10.3. The third kappa shape index (κ3) is 15.9. The van der Waals surface area contributed by atoms with Crippen molar-refractivity contribution in [2.75, 3.05) is 0 Å². The van der Waals surface area contributed by atoms with E-state index in [1.54, 1.807) is 0 Å². The summed E-state index contributed by atoms with van der Waals surface area (Å²) in [4.78, 5) is 55.6. The van der Waals surface area contributed by atoms with Gasteiger partial charge in [0.05, 0.1) is 6.42 Å². The molecular formula is C20H30NO11-. The molecule has 0 fully saturated rings. The lowest BCUT2D eigenvalue weighted by molar-refractivity contribution is -0.305. The Balaban J connectivity index is 4.11. The van der Waals surface area contributed by atoms with Crippen molar-refractivity contribution in [1.29, 1.82) is 5.41 Å². The number of unbranched alkanes of at least 4 members (excludes halogenated alkanes) is 6. The number of hydrogen-bond acceptors (Lipinski definition) is 11. The van der Waals surface area contributed by atoms with Gasteiger partial charge in [-0.3, -0.25) is 19.8 Å². The minimum atomic E-state index is -3.24. The molecule has 182 valence electrons. The Hall–Kier alpha value is -2.86. The number of carbonyl (C=O) groups excluding carboxylic acids is 4. The van der Waals surface area contributed by atoms with E-state index in [-0.39, 0.29) is 25.7 Å². The summed E-state index contributed by atoms with van der Waals surface area (Å²) in [6.45, 7) is 0. The van der Waals surface area contributed by atoms with Crippen LogP contribution in [0, 0.1) is 5.41 Å². The van der Waals surface area contributed by atoms with Gasteiger partial charge >= 0.3 is 23.9 Å². The average Bonchev–Trinajstić information content (AvgIpc) is 2.66. The maximum absolute atomic E-state index is 11.7. The van der Waals surface area contributed by atoms with E-state index in [9.17, 15) is 39.3 Å². The van der Waals surface area contributed by atoms with Gasteiger partial charge < -0.3 is 34.7 Å². The number of rotatable bonds is 17. The normalized spacial score (nSPS) is 10.9. The van der Waals surface area contributed by atoms with E-state index in [1.807, 2.05) is 0 Å². The first kappa shape index (κ1) is 29.1. The van der Waals surface area contributed by atoms with E-state index in [1.165, 1.54) is 0 Å². The summed E-state index contributed by atoms with van der Waals surface area (Å²) in [5.41, 5.74) is 0. The molecule has 4 N–H and O–H groups in total. The van der Waals surface area contributed by atoms with Crippen LogP contribution in [-0.2, 0) is 33.4 Å². The Bertz CT molecular complexity index is 672. The molecule has 0 aliphatic heterocycles. The van der Waals surface area contributed by atoms with Gasteiger partial charge in [-0.15, -0.1) is 0 Å². The van der Waals surface area contributed by atoms with Crippen LogP contribution in [0.2, 0.25) is 0 Å². The first-order valence-electron chi connectivity index (χ1n) is 10.3. The van der Waals surface area contributed by atoms with Crippen LogP contribution in [0.15, 0.2) is 0 Å². The number of carboxylic acid groups (broad SMARTS) is 2. The maximum atomic E-state index is 11.7. The fourth-order valence-corrected chi connectivity index (χ4v) is 2.55. The smallest absolute Gasteiger partial charge is 0.374 e. The molecule has 32 heavy (non-hydrogen) atoms. The van der Waals surface area contributed by atoms with E-state index in [0.29, 0.717) is 51.4 Å². The van der Waals surface area contributed by atoms with Crippen LogP contribution in [0.1, 0.15) is 83.5 Å². The summed E-state index contributed by atoms with van der Waals surface area (Å²) in [5.74, 6) is -9.76. The molecule has 0 rings (SSSR count). The monoisotopic (exact) mass is 460 g/mol. The quantitative estimate of drug-likeness (QED) is 0.0573. The van der Waals surface area contributed by atoms with Gasteiger partial charge in [0.15, 0.2) is 5.90 Å². The Morgan fingerprint density at radius 1 is 0.719 bits per heavy atom. The molecule has 0 radical (unpaired) electrons. The van der Waals surface area contributed by atoms with Gasteiger partial charge in [0.25, 0.3) is 5.79 Å². The van der Waals surface area contributed by atoms with Crippen LogP contribution in [-0.4, -0.2) is 56.9 Å². The molecule has 0 aromatic rings. The molecule has 0 aliphatic rings. The third-order valence-electron chi connectivity index (χ3n) is 4.21. The van der Waals surface area contributed by atoms with E-state index < -0.39 is 48.0 Å². The Labute approximate surface area is 185 Å². The predicted octanol–water partition coefficient (Wildman–Crippen LogP) is 0.163. The van der Waals surface area contributed by atoms with Crippen molar-refractivity contribution in [1.82, 2.24) is 0 Å². The highest BCUT2D eigenvalue weighted by Crippen LogP contribution is 2.13. The van der Waals surface area contributed by atoms with Crippen LogP contribution >= 0.6 is 0 Å². The molecule has 0 amide bonds. The number of aliphatic hydroxyl groups is 2. The van der Waals surface area contributed by atoms with E-state index in [0.717, 1.165) is 0 Å². The third-order valence-corrected chi connectivity index (χ3v) is 4.21. The molecule has 12 nitrogen and oxygen atoms in total. The number of nitrogens with one attached hydrogen (secondary N) is 1. The fraction of sp³-hybridized carbons (Fsp3) is 0.700. The van der Waals surface area contributed by atoms with Gasteiger partial charge in [-0.2, -0.15) is 0 Å². The zero-order valence-corrected chi connectivity index (χ0v) is 17.8. The summed E-state index contributed by atoms with van der Waals surface area (Å²) in [6, 6.07) is 0. The minimum Gasteiger partial charge on any atom is -0.550 e. The van der Waals surface area contributed by atoms with Gasteiger partial charge in [0, 0.05) is 25.2 Å². The topological polar surface area (TPSA) is 211 Å². The lowest BCUT2D eigenvalue weighted by Crippen LogP contribution is -2.43. The summed E-state index contributed by atoms with van der Waals surface area (Å²) < 4.78 is 8.92. The molecular weight excluding hydrogens is 430 g/mol. The highest BCUT2D eigenvalue weighted by molar-refractivity contribution is 5.94. The van der Waals surface area contributed by atoms with Crippen molar-refractivity contribution >= 4 is 35.7 Å². The zero-order chi connectivity index (χ0) is 24.6. The van der Waals surface area contributed by atoms with Crippen LogP contribution in [0.4, 0.5) is 0 Å². The lowest BCUT2D eigenvalue weighted by Gasteiger charge is -2.19. The second-order valence-electron chi connectivity index (χ2n) is 7.25. The van der Waals surface area contributed by atoms with Crippen LogP contribution in [0.3, 0.4) is 0 Å². The Morgan fingerprint density at radius 2 is 1.16 bits per heavy atom. The van der Waals surface area contributed by atoms with E-state index >= 15 is 0 Å².